The summed E-state index contributed by atoms with van der Waals surface area (Å²) >= 11 is 0. The molecule has 1 aliphatic heterocycles. The van der Waals surface area contributed by atoms with Crippen molar-refractivity contribution in [2.24, 2.45) is 0 Å². The van der Waals surface area contributed by atoms with Gasteiger partial charge in [-0.3, -0.25) is 9.59 Å². The van der Waals surface area contributed by atoms with Gasteiger partial charge in [-0.05, 0) is 56.0 Å². The van der Waals surface area contributed by atoms with Crippen LogP contribution in [0.5, 0.6) is 0 Å². The highest BCUT2D eigenvalue weighted by Crippen LogP contribution is 2.28. The van der Waals surface area contributed by atoms with E-state index in [4.69, 9.17) is 4.42 Å². The molecule has 2 aromatic heterocycles. The molecule has 1 aromatic carbocycles. The Bertz CT molecular complexity index is 1040. The predicted octanol–water partition coefficient (Wildman–Crippen LogP) is 3.57. The first-order chi connectivity index (χ1) is 13.6. The molecule has 0 radical (unpaired) electrons. The van der Waals surface area contributed by atoms with Gasteiger partial charge in [-0.1, -0.05) is 17.7 Å². The van der Waals surface area contributed by atoms with E-state index in [0.717, 1.165) is 25.1 Å². The van der Waals surface area contributed by atoms with Crippen molar-refractivity contribution in [2.75, 3.05) is 11.4 Å². The van der Waals surface area contributed by atoms with E-state index in [1.54, 1.807) is 24.5 Å². The lowest BCUT2D eigenvalue weighted by atomic mass is 9.99. The zero-order valence-electron chi connectivity index (χ0n) is 15.9. The van der Waals surface area contributed by atoms with Gasteiger partial charge in [0.15, 0.2) is 5.76 Å². The third kappa shape index (κ3) is 3.76. The van der Waals surface area contributed by atoms with Crippen LogP contribution in [0.2, 0.25) is 0 Å². The number of aromatic nitrogens is 2. The molecule has 4 rings (SSSR count). The van der Waals surface area contributed by atoms with Gasteiger partial charge < -0.3 is 9.32 Å². The van der Waals surface area contributed by atoms with Crippen LogP contribution in [-0.4, -0.2) is 22.2 Å². The highest BCUT2D eigenvalue weighted by Gasteiger charge is 2.22. The fraction of sp³-hybridized carbons (Fsp3) is 0.318. The van der Waals surface area contributed by atoms with E-state index in [1.807, 2.05) is 17.0 Å². The minimum atomic E-state index is -0.179. The van der Waals surface area contributed by atoms with Gasteiger partial charge in [0.25, 0.3) is 5.56 Å². The predicted molar refractivity (Wildman–Crippen MR) is 107 cm³/mol. The molecule has 28 heavy (non-hydrogen) atoms. The molecule has 0 spiro atoms. The smallest absolute Gasteiger partial charge is 0.266 e. The van der Waals surface area contributed by atoms with E-state index in [0.29, 0.717) is 30.8 Å². The quantitative estimate of drug-likeness (QED) is 0.682. The van der Waals surface area contributed by atoms with Crippen LogP contribution in [0.25, 0.3) is 11.5 Å². The average Bonchev–Trinajstić information content (AvgIpc) is 3.23. The Kier molecular flexibility index (Phi) is 5.10. The summed E-state index contributed by atoms with van der Waals surface area (Å²) in [6.07, 6.45) is 4.51. The Morgan fingerprint density at radius 3 is 2.93 bits per heavy atom. The van der Waals surface area contributed by atoms with E-state index in [9.17, 15) is 9.59 Å². The Morgan fingerprint density at radius 1 is 1.21 bits per heavy atom. The largest absolute Gasteiger partial charge is 0.463 e. The van der Waals surface area contributed by atoms with Gasteiger partial charge in [0, 0.05) is 31.3 Å². The lowest BCUT2D eigenvalue weighted by Crippen LogP contribution is -2.35. The van der Waals surface area contributed by atoms with Crippen molar-refractivity contribution in [1.29, 1.82) is 0 Å². The third-order valence-electron chi connectivity index (χ3n) is 5.06. The molecule has 0 atom stereocenters. The highest BCUT2D eigenvalue weighted by atomic mass is 16.3. The number of amides is 1. The van der Waals surface area contributed by atoms with E-state index in [2.05, 4.69) is 18.1 Å². The van der Waals surface area contributed by atoms with Crippen LogP contribution in [-0.2, 0) is 17.8 Å². The van der Waals surface area contributed by atoms with Crippen LogP contribution < -0.4 is 10.5 Å². The van der Waals surface area contributed by atoms with Crippen LogP contribution in [0, 0.1) is 6.92 Å². The maximum absolute atomic E-state index is 12.8. The number of furan rings is 1. The number of anilines is 1. The topological polar surface area (TPSA) is 68.3 Å². The van der Waals surface area contributed by atoms with E-state index >= 15 is 0 Å². The highest BCUT2D eigenvalue weighted by molar-refractivity contribution is 5.94. The van der Waals surface area contributed by atoms with Crippen molar-refractivity contribution in [3.05, 3.63) is 70.2 Å². The Labute approximate surface area is 163 Å². The van der Waals surface area contributed by atoms with E-state index in [-0.39, 0.29) is 11.5 Å². The van der Waals surface area contributed by atoms with Crippen LogP contribution in [0.1, 0.15) is 30.4 Å². The Balaban J connectivity index is 1.42. The van der Waals surface area contributed by atoms with Crippen LogP contribution in [0.4, 0.5) is 5.69 Å². The number of fused-ring (bicyclic) bond motifs is 1. The van der Waals surface area contributed by atoms with Crippen LogP contribution in [0.3, 0.4) is 0 Å². The summed E-state index contributed by atoms with van der Waals surface area (Å²) in [7, 11) is 0. The van der Waals surface area contributed by atoms with Gasteiger partial charge in [0.05, 0.1) is 6.26 Å². The number of rotatable bonds is 5. The third-order valence-corrected chi connectivity index (χ3v) is 5.06. The van der Waals surface area contributed by atoms with Gasteiger partial charge >= 0.3 is 0 Å². The fourth-order valence-electron chi connectivity index (χ4n) is 3.66. The van der Waals surface area contributed by atoms with E-state index < -0.39 is 0 Å². The van der Waals surface area contributed by atoms with Gasteiger partial charge in [-0.2, -0.15) is 5.10 Å². The second-order valence-electron chi connectivity index (χ2n) is 7.14. The average molecular weight is 377 g/mol. The number of nitrogens with zero attached hydrogens (tertiary/aromatic N) is 3. The molecule has 0 saturated heterocycles. The molecule has 0 fully saturated rings. The van der Waals surface area contributed by atoms with Crippen molar-refractivity contribution in [3.8, 4) is 11.5 Å². The summed E-state index contributed by atoms with van der Waals surface area (Å²) in [4.78, 5) is 26.7. The van der Waals surface area contributed by atoms with Crippen LogP contribution >= 0.6 is 0 Å². The lowest BCUT2D eigenvalue weighted by Gasteiger charge is -2.30. The molecular weight excluding hydrogens is 354 g/mol. The minimum Gasteiger partial charge on any atom is -0.463 e. The molecule has 0 saturated carbocycles. The molecule has 144 valence electrons. The van der Waals surface area contributed by atoms with E-state index in [1.165, 1.54) is 21.9 Å². The summed E-state index contributed by atoms with van der Waals surface area (Å²) in [5, 5.41) is 4.36. The van der Waals surface area contributed by atoms with Gasteiger partial charge in [-0.15, -0.1) is 0 Å². The Hall–Kier alpha value is -3.15. The standard InChI is InChI=1S/C22H23N3O3/c1-16-8-10-19-17(15-16)5-2-12-24(19)21(26)7-3-13-25-22(27)11-9-18(23-25)20-6-4-14-28-20/h4,6,8-11,14-15H,2-3,5,7,12-13H2,1H3. The molecule has 3 aromatic rings. The fourth-order valence-corrected chi connectivity index (χ4v) is 3.66. The number of hydrogen-bond acceptors (Lipinski definition) is 4. The molecule has 0 aliphatic carbocycles. The zero-order valence-corrected chi connectivity index (χ0v) is 15.9. The molecule has 3 heterocycles. The maximum atomic E-state index is 12.8. The zero-order chi connectivity index (χ0) is 19.5. The molecule has 0 bridgehead atoms. The second kappa shape index (κ2) is 7.84. The summed E-state index contributed by atoms with van der Waals surface area (Å²) in [6, 6.07) is 13.0. The molecule has 1 aliphatic rings. The molecule has 1 amide bonds. The molecule has 0 N–H and O–H groups in total. The minimum absolute atomic E-state index is 0.0973. The van der Waals surface area contributed by atoms with Gasteiger partial charge in [-0.25, -0.2) is 4.68 Å². The number of carbonyl (C=O) groups is 1. The van der Waals surface area contributed by atoms with Crippen molar-refractivity contribution < 1.29 is 9.21 Å². The summed E-state index contributed by atoms with van der Waals surface area (Å²) in [5.41, 5.74) is 3.91. The van der Waals surface area contributed by atoms with Crippen LogP contribution in [0.15, 0.2) is 57.9 Å². The van der Waals surface area contributed by atoms with Gasteiger partial charge in [0.1, 0.15) is 5.69 Å². The lowest BCUT2D eigenvalue weighted by molar-refractivity contribution is -0.118. The summed E-state index contributed by atoms with van der Waals surface area (Å²) in [5.74, 6) is 0.713. The molecule has 6 nitrogen and oxygen atoms in total. The summed E-state index contributed by atoms with van der Waals surface area (Å²) < 4.78 is 6.74. The number of aryl methyl sites for hydroxylation is 3. The van der Waals surface area contributed by atoms with Crippen molar-refractivity contribution in [1.82, 2.24) is 9.78 Å². The second-order valence-corrected chi connectivity index (χ2v) is 7.14. The first kappa shape index (κ1) is 18.2. The SMILES string of the molecule is Cc1ccc2c(c1)CCCN2C(=O)CCCn1nc(-c2ccco2)ccc1=O. The molecule has 0 unspecified atom stereocenters. The van der Waals surface area contributed by atoms with Gasteiger partial charge in [0.2, 0.25) is 5.91 Å². The number of hydrogen-bond donors (Lipinski definition) is 0. The monoisotopic (exact) mass is 377 g/mol. The molecule has 6 heteroatoms. The Morgan fingerprint density at radius 2 is 2.11 bits per heavy atom. The first-order valence-electron chi connectivity index (χ1n) is 9.64. The maximum Gasteiger partial charge on any atom is 0.266 e. The summed E-state index contributed by atoms with van der Waals surface area (Å²) in [6.45, 7) is 3.22. The molecular formula is C22H23N3O3. The number of carbonyl (C=O) groups excluding carboxylic acids is 1. The number of benzene rings is 1. The first-order valence-corrected chi connectivity index (χ1v) is 9.64. The van der Waals surface area contributed by atoms with Crippen molar-refractivity contribution >= 4 is 11.6 Å². The van der Waals surface area contributed by atoms with Crippen molar-refractivity contribution in [3.63, 3.8) is 0 Å². The normalized spacial score (nSPS) is 13.4. The van der Waals surface area contributed by atoms with Crippen molar-refractivity contribution in [2.45, 2.75) is 39.2 Å².